The molecule has 1 amide bonds. The monoisotopic (exact) mass is 274 g/mol. The summed E-state index contributed by atoms with van der Waals surface area (Å²) < 4.78 is 38.9. The van der Waals surface area contributed by atoms with E-state index >= 15 is 0 Å². The number of benzene rings is 1. The molecular weight excluding hydrogens is 257 g/mol. The van der Waals surface area contributed by atoms with Gasteiger partial charge in [-0.1, -0.05) is 19.8 Å². The molecule has 0 heterocycles. The minimum Gasteiger partial charge on any atom is -0.322 e. The fourth-order valence-electron chi connectivity index (χ4n) is 1.52. The summed E-state index contributed by atoms with van der Waals surface area (Å²) in [6.07, 6.45) is 3.09. The first-order valence-corrected chi connectivity index (χ1v) is 6.20. The minimum atomic E-state index is -1.59. The van der Waals surface area contributed by atoms with Gasteiger partial charge in [-0.15, -0.1) is 0 Å². The Morgan fingerprint density at radius 3 is 2.58 bits per heavy atom. The van der Waals surface area contributed by atoms with Gasteiger partial charge in [0.2, 0.25) is 5.91 Å². The van der Waals surface area contributed by atoms with Gasteiger partial charge in [0, 0.05) is 0 Å². The Labute approximate surface area is 110 Å². The average molecular weight is 274 g/mol. The van der Waals surface area contributed by atoms with Gasteiger partial charge in [0.05, 0.1) is 12.2 Å². The van der Waals surface area contributed by atoms with E-state index < -0.39 is 23.4 Å². The molecule has 0 saturated carbocycles. The predicted molar refractivity (Wildman–Crippen MR) is 67.3 cm³/mol. The van der Waals surface area contributed by atoms with Crippen LogP contribution < -0.4 is 10.6 Å². The second-order valence-electron chi connectivity index (χ2n) is 4.15. The summed E-state index contributed by atoms with van der Waals surface area (Å²) >= 11 is 0. The molecule has 0 aliphatic rings. The quantitative estimate of drug-likeness (QED) is 0.593. The number of anilines is 1. The van der Waals surface area contributed by atoms with Crippen molar-refractivity contribution in [1.29, 1.82) is 0 Å². The average Bonchev–Trinajstić information content (AvgIpc) is 2.39. The van der Waals surface area contributed by atoms with Crippen LogP contribution in [0.4, 0.5) is 18.9 Å². The SMILES string of the molecule is CCCCCNCC(=O)Nc1ccc(F)c(F)c1F. The molecule has 6 heteroatoms. The smallest absolute Gasteiger partial charge is 0.238 e. The molecule has 0 aliphatic heterocycles. The van der Waals surface area contributed by atoms with E-state index in [1.807, 2.05) is 0 Å². The van der Waals surface area contributed by atoms with E-state index in [4.69, 9.17) is 0 Å². The number of carbonyl (C=O) groups excluding carboxylic acids is 1. The summed E-state index contributed by atoms with van der Waals surface area (Å²) in [6, 6.07) is 1.76. The van der Waals surface area contributed by atoms with E-state index in [9.17, 15) is 18.0 Å². The fourth-order valence-corrected chi connectivity index (χ4v) is 1.52. The number of nitrogens with one attached hydrogen (secondary N) is 2. The molecule has 0 spiro atoms. The summed E-state index contributed by atoms with van der Waals surface area (Å²) in [6.45, 7) is 2.75. The van der Waals surface area contributed by atoms with E-state index in [0.717, 1.165) is 31.4 Å². The maximum absolute atomic E-state index is 13.3. The Kier molecular flexibility index (Phi) is 6.35. The van der Waals surface area contributed by atoms with E-state index in [1.165, 1.54) is 0 Å². The molecule has 0 aliphatic carbocycles. The van der Waals surface area contributed by atoms with Crippen molar-refractivity contribution in [2.45, 2.75) is 26.2 Å². The third-order valence-corrected chi connectivity index (χ3v) is 2.55. The third kappa shape index (κ3) is 4.90. The van der Waals surface area contributed by atoms with Crippen molar-refractivity contribution in [3.8, 4) is 0 Å². The van der Waals surface area contributed by atoms with Crippen LogP contribution in [0.1, 0.15) is 26.2 Å². The largest absolute Gasteiger partial charge is 0.322 e. The molecule has 3 nitrogen and oxygen atoms in total. The van der Waals surface area contributed by atoms with Crippen molar-refractivity contribution in [1.82, 2.24) is 5.32 Å². The van der Waals surface area contributed by atoms with Crippen LogP contribution in [0.2, 0.25) is 0 Å². The van der Waals surface area contributed by atoms with Gasteiger partial charge in [-0.05, 0) is 25.1 Å². The number of hydrogen-bond acceptors (Lipinski definition) is 2. The lowest BCUT2D eigenvalue weighted by atomic mass is 10.2. The predicted octanol–water partition coefficient (Wildman–Crippen LogP) is 2.82. The number of halogens is 3. The third-order valence-electron chi connectivity index (χ3n) is 2.55. The lowest BCUT2D eigenvalue weighted by Crippen LogP contribution is -2.29. The summed E-state index contributed by atoms with van der Waals surface area (Å²) in [5.41, 5.74) is -0.362. The second kappa shape index (κ2) is 7.78. The minimum absolute atomic E-state index is 0.00213. The summed E-state index contributed by atoms with van der Waals surface area (Å²) in [4.78, 5) is 11.4. The number of amides is 1. The first-order chi connectivity index (χ1) is 9.06. The summed E-state index contributed by atoms with van der Waals surface area (Å²) in [5.74, 6) is -4.76. The number of rotatable bonds is 7. The molecule has 19 heavy (non-hydrogen) atoms. The zero-order valence-corrected chi connectivity index (χ0v) is 10.7. The fraction of sp³-hybridized carbons (Fsp3) is 0.462. The Morgan fingerprint density at radius 2 is 1.89 bits per heavy atom. The highest BCUT2D eigenvalue weighted by atomic mass is 19.2. The molecule has 106 valence electrons. The summed E-state index contributed by atoms with van der Waals surface area (Å²) in [7, 11) is 0. The molecule has 1 aromatic carbocycles. The zero-order chi connectivity index (χ0) is 14.3. The van der Waals surface area contributed by atoms with E-state index in [2.05, 4.69) is 17.6 Å². The Hall–Kier alpha value is -1.56. The normalized spacial score (nSPS) is 10.5. The molecule has 0 unspecified atom stereocenters. The molecular formula is C13H17F3N2O. The Morgan fingerprint density at radius 1 is 1.16 bits per heavy atom. The maximum atomic E-state index is 13.3. The Bertz CT molecular complexity index is 438. The Balaban J connectivity index is 2.42. The van der Waals surface area contributed by atoms with Crippen LogP contribution in [0.15, 0.2) is 12.1 Å². The highest BCUT2D eigenvalue weighted by molar-refractivity contribution is 5.92. The van der Waals surface area contributed by atoms with Gasteiger partial charge in [-0.2, -0.15) is 0 Å². The standard InChI is InChI=1S/C13H17F3N2O/c1-2-3-4-7-17-8-11(19)18-10-6-5-9(14)12(15)13(10)16/h5-6,17H,2-4,7-8H2,1H3,(H,18,19). The number of unbranched alkanes of at least 4 members (excludes halogenated alkanes) is 2. The molecule has 1 aromatic rings. The molecule has 0 atom stereocenters. The highest BCUT2D eigenvalue weighted by Gasteiger charge is 2.14. The molecule has 0 radical (unpaired) electrons. The van der Waals surface area contributed by atoms with E-state index in [-0.39, 0.29) is 12.2 Å². The van der Waals surface area contributed by atoms with Gasteiger partial charge in [0.15, 0.2) is 17.5 Å². The zero-order valence-electron chi connectivity index (χ0n) is 10.7. The van der Waals surface area contributed by atoms with Crippen LogP contribution in [0.3, 0.4) is 0 Å². The van der Waals surface area contributed by atoms with Gasteiger partial charge in [-0.3, -0.25) is 4.79 Å². The lowest BCUT2D eigenvalue weighted by Gasteiger charge is -2.08. The summed E-state index contributed by atoms with van der Waals surface area (Å²) in [5, 5.41) is 5.07. The first kappa shape index (κ1) is 15.5. The number of carbonyl (C=O) groups is 1. The number of hydrogen-bond donors (Lipinski definition) is 2. The van der Waals surface area contributed by atoms with Crippen LogP contribution in [0, 0.1) is 17.5 Å². The van der Waals surface area contributed by atoms with Gasteiger partial charge >= 0.3 is 0 Å². The van der Waals surface area contributed by atoms with Crippen LogP contribution in [-0.2, 0) is 4.79 Å². The van der Waals surface area contributed by atoms with Crippen LogP contribution in [0.25, 0.3) is 0 Å². The van der Waals surface area contributed by atoms with Crippen molar-refractivity contribution in [3.63, 3.8) is 0 Å². The lowest BCUT2D eigenvalue weighted by molar-refractivity contribution is -0.115. The maximum Gasteiger partial charge on any atom is 0.238 e. The van der Waals surface area contributed by atoms with Crippen molar-refractivity contribution < 1.29 is 18.0 Å². The van der Waals surface area contributed by atoms with Crippen LogP contribution >= 0.6 is 0 Å². The molecule has 0 fully saturated rings. The first-order valence-electron chi connectivity index (χ1n) is 6.20. The molecule has 0 bridgehead atoms. The molecule has 1 rings (SSSR count). The van der Waals surface area contributed by atoms with Crippen molar-refractivity contribution in [3.05, 3.63) is 29.6 Å². The molecule has 0 saturated heterocycles. The van der Waals surface area contributed by atoms with Crippen LogP contribution in [0.5, 0.6) is 0 Å². The van der Waals surface area contributed by atoms with Crippen LogP contribution in [-0.4, -0.2) is 19.0 Å². The van der Waals surface area contributed by atoms with E-state index in [0.29, 0.717) is 6.54 Å². The second-order valence-corrected chi connectivity index (χ2v) is 4.15. The topological polar surface area (TPSA) is 41.1 Å². The van der Waals surface area contributed by atoms with Gasteiger partial charge in [0.25, 0.3) is 0 Å². The van der Waals surface area contributed by atoms with Crippen molar-refractivity contribution >= 4 is 11.6 Å². The van der Waals surface area contributed by atoms with Gasteiger partial charge < -0.3 is 10.6 Å². The molecule has 2 N–H and O–H groups in total. The molecule has 0 aromatic heterocycles. The highest BCUT2D eigenvalue weighted by Crippen LogP contribution is 2.19. The van der Waals surface area contributed by atoms with Gasteiger partial charge in [-0.25, -0.2) is 13.2 Å². The van der Waals surface area contributed by atoms with Gasteiger partial charge in [0.1, 0.15) is 0 Å². The van der Waals surface area contributed by atoms with Crippen molar-refractivity contribution in [2.75, 3.05) is 18.4 Å². The van der Waals surface area contributed by atoms with Crippen molar-refractivity contribution in [2.24, 2.45) is 0 Å². The van der Waals surface area contributed by atoms with E-state index in [1.54, 1.807) is 0 Å².